The van der Waals surface area contributed by atoms with E-state index < -0.39 is 12.0 Å². The maximum Gasteiger partial charge on any atom is 0.252 e. The van der Waals surface area contributed by atoms with Gasteiger partial charge in [0.05, 0.1) is 5.56 Å². The largest absolute Gasteiger partial charge is 0.491 e. The van der Waals surface area contributed by atoms with Crippen LogP contribution in [0.2, 0.25) is 5.15 Å². The molecule has 2 aromatic carbocycles. The molecule has 0 aliphatic carbocycles. The van der Waals surface area contributed by atoms with Crippen LogP contribution in [0.5, 0.6) is 11.6 Å². The third-order valence-electron chi connectivity index (χ3n) is 4.57. The number of hydrogen-bond acceptors (Lipinski definition) is 7. The summed E-state index contributed by atoms with van der Waals surface area (Å²) < 4.78 is 11.3. The predicted octanol–water partition coefficient (Wildman–Crippen LogP) is 2.55. The van der Waals surface area contributed by atoms with Crippen LogP contribution in [0, 0.1) is 0 Å². The van der Waals surface area contributed by atoms with Crippen LogP contribution in [0.3, 0.4) is 0 Å². The SMILES string of the molecule is NC(=O)c1ccccc1OCCN(Cc1ccccc1)CC(O)COc1nccnc1Cl. The van der Waals surface area contributed by atoms with Gasteiger partial charge in [0.2, 0.25) is 0 Å². The Balaban J connectivity index is 1.59. The zero-order chi connectivity index (χ0) is 22.8. The molecule has 0 saturated heterocycles. The van der Waals surface area contributed by atoms with E-state index in [1.54, 1.807) is 24.3 Å². The molecule has 1 unspecified atom stereocenters. The zero-order valence-corrected chi connectivity index (χ0v) is 18.2. The minimum Gasteiger partial charge on any atom is -0.491 e. The molecule has 3 aromatic rings. The summed E-state index contributed by atoms with van der Waals surface area (Å²) in [7, 11) is 0. The summed E-state index contributed by atoms with van der Waals surface area (Å²) in [6.07, 6.45) is 2.13. The molecule has 3 N–H and O–H groups in total. The normalized spacial score (nSPS) is 11.8. The summed E-state index contributed by atoms with van der Waals surface area (Å²) in [6.45, 7) is 1.75. The molecule has 0 aliphatic heterocycles. The number of carbonyl (C=O) groups is 1. The van der Waals surface area contributed by atoms with Crippen LogP contribution in [-0.4, -0.2) is 58.3 Å². The van der Waals surface area contributed by atoms with Crippen LogP contribution in [0.4, 0.5) is 0 Å². The fraction of sp³-hybridized carbons (Fsp3) is 0.261. The van der Waals surface area contributed by atoms with Crippen LogP contribution < -0.4 is 15.2 Å². The van der Waals surface area contributed by atoms with E-state index in [1.807, 2.05) is 35.2 Å². The average molecular weight is 457 g/mol. The van der Waals surface area contributed by atoms with Gasteiger partial charge in [0, 0.05) is 32.0 Å². The van der Waals surface area contributed by atoms with Crippen molar-refractivity contribution in [3.63, 3.8) is 0 Å². The third-order valence-corrected chi connectivity index (χ3v) is 4.83. The van der Waals surface area contributed by atoms with E-state index in [-0.39, 0.29) is 17.6 Å². The van der Waals surface area contributed by atoms with E-state index in [0.29, 0.717) is 37.6 Å². The van der Waals surface area contributed by atoms with Gasteiger partial charge in [0.15, 0.2) is 5.15 Å². The van der Waals surface area contributed by atoms with Crippen molar-refractivity contribution in [3.8, 4) is 11.6 Å². The molecule has 168 valence electrons. The third kappa shape index (κ3) is 7.19. The molecule has 0 fully saturated rings. The molecule has 1 atom stereocenters. The highest BCUT2D eigenvalue weighted by molar-refractivity contribution is 6.30. The summed E-state index contributed by atoms with van der Waals surface area (Å²) in [5, 5.41) is 10.7. The molecule has 9 heteroatoms. The second kappa shape index (κ2) is 12.0. The van der Waals surface area contributed by atoms with Gasteiger partial charge in [-0.05, 0) is 17.7 Å². The first-order chi connectivity index (χ1) is 15.5. The van der Waals surface area contributed by atoms with Crippen molar-refractivity contribution < 1.29 is 19.4 Å². The van der Waals surface area contributed by atoms with Gasteiger partial charge in [-0.3, -0.25) is 9.69 Å². The van der Waals surface area contributed by atoms with Gasteiger partial charge in [-0.1, -0.05) is 54.1 Å². The van der Waals surface area contributed by atoms with Crippen molar-refractivity contribution in [2.24, 2.45) is 5.73 Å². The molecule has 3 rings (SSSR count). The number of aliphatic hydroxyl groups is 1. The number of amides is 1. The van der Waals surface area contributed by atoms with Gasteiger partial charge in [-0.15, -0.1) is 0 Å². The number of ether oxygens (including phenoxy) is 2. The molecule has 0 saturated carbocycles. The molecule has 0 radical (unpaired) electrons. The number of nitrogens with zero attached hydrogens (tertiary/aromatic N) is 3. The molecule has 0 spiro atoms. The van der Waals surface area contributed by atoms with Gasteiger partial charge >= 0.3 is 0 Å². The lowest BCUT2D eigenvalue weighted by atomic mass is 10.2. The maximum atomic E-state index is 11.6. The fourth-order valence-corrected chi connectivity index (χ4v) is 3.25. The average Bonchev–Trinajstić information content (AvgIpc) is 2.79. The number of nitrogens with two attached hydrogens (primary N) is 1. The highest BCUT2D eigenvalue weighted by atomic mass is 35.5. The number of aromatic nitrogens is 2. The molecule has 1 aromatic heterocycles. The van der Waals surface area contributed by atoms with Crippen LogP contribution in [0.15, 0.2) is 67.0 Å². The Morgan fingerprint density at radius 2 is 1.78 bits per heavy atom. The number of primary amides is 1. The Kier molecular flexibility index (Phi) is 8.79. The number of rotatable bonds is 12. The highest BCUT2D eigenvalue weighted by Gasteiger charge is 2.16. The van der Waals surface area contributed by atoms with Gasteiger partial charge in [0.25, 0.3) is 11.8 Å². The summed E-state index contributed by atoms with van der Waals surface area (Å²) >= 11 is 5.94. The molecule has 1 amide bonds. The van der Waals surface area contributed by atoms with E-state index >= 15 is 0 Å². The van der Waals surface area contributed by atoms with Crippen LogP contribution in [0.1, 0.15) is 15.9 Å². The predicted molar refractivity (Wildman–Crippen MR) is 121 cm³/mol. The summed E-state index contributed by atoms with van der Waals surface area (Å²) in [5.74, 6) is 0.0621. The second-order valence-corrected chi connectivity index (χ2v) is 7.40. The first kappa shape index (κ1) is 23.5. The van der Waals surface area contributed by atoms with Crippen molar-refractivity contribution >= 4 is 17.5 Å². The smallest absolute Gasteiger partial charge is 0.252 e. The molecular weight excluding hydrogens is 432 g/mol. The van der Waals surface area contributed by atoms with Crippen LogP contribution >= 0.6 is 11.6 Å². The number of hydrogen-bond donors (Lipinski definition) is 2. The van der Waals surface area contributed by atoms with Gasteiger partial charge in [-0.2, -0.15) is 0 Å². The Morgan fingerprint density at radius 3 is 2.53 bits per heavy atom. The van der Waals surface area contributed by atoms with Crippen molar-refractivity contribution in [2.75, 3.05) is 26.3 Å². The van der Waals surface area contributed by atoms with Gasteiger partial charge in [-0.25, -0.2) is 9.97 Å². The Hall–Kier alpha value is -3.20. The number of carbonyl (C=O) groups excluding carboxylic acids is 1. The maximum absolute atomic E-state index is 11.6. The zero-order valence-electron chi connectivity index (χ0n) is 17.4. The molecule has 8 nitrogen and oxygen atoms in total. The van der Waals surface area contributed by atoms with E-state index in [2.05, 4.69) is 9.97 Å². The van der Waals surface area contributed by atoms with E-state index in [1.165, 1.54) is 12.4 Å². The topological polar surface area (TPSA) is 111 Å². The lowest BCUT2D eigenvalue weighted by molar-refractivity contribution is 0.0589. The van der Waals surface area contributed by atoms with Gasteiger partial charge < -0.3 is 20.3 Å². The minimum atomic E-state index is -0.797. The van der Waals surface area contributed by atoms with E-state index in [4.69, 9.17) is 26.8 Å². The fourth-order valence-electron chi connectivity index (χ4n) is 3.09. The Morgan fingerprint density at radius 1 is 1.06 bits per heavy atom. The summed E-state index contributed by atoms with van der Waals surface area (Å²) in [4.78, 5) is 21.5. The van der Waals surface area contributed by atoms with Crippen molar-refractivity contribution in [3.05, 3.63) is 83.3 Å². The first-order valence-corrected chi connectivity index (χ1v) is 10.5. The first-order valence-electron chi connectivity index (χ1n) is 10.1. The van der Waals surface area contributed by atoms with Crippen LogP contribution in [-0.2, 0) is 6.54 Å². The molecular formula is C23H25ClN4O4. The summed E-state index contributed by atoms with van der Waals surface area (Å²) in [5.41, 5.74) is 6.83. The number of halogens is 1. The van der Waals surface area contributed by atoms with Crippen molar-refractivity contribution in [2.45, 2.75) is 12.6 Å². The van der Waals surface area contributed by atoms with E-state index in [9.17, 15) is 9.90 Å². The summed E-state index contributed by atoms with van der Waals surface area (Å²) in [6, 6.07) is 16.7. The molecule has 0 bridgehead atoms. The lowest BCUT2D eigenvalue weighted by Crippen LogP contribution is -2.37. The molecule has 1 heterocycles. The second-order valence-electron chi connectivity index (χ2n) is 7.05. The number of para-hydroxylation sites is 1. The van der Waals surface area contributed by atoms with E-state index in [0.717, 1.165) is 5.56 Å². The van der Waals surface area contributed by atoms with Crippen molar-refractivity contribution in [1.82, 2.24) is 14.9 Å². The van der Waals surface area contributed by atoms with Crippen LogP contribution in [0.25, 0.3) is 0 Å². The standard InChI is InChI=1S/C23H25ClN4O4/c24-21-23(27-11-10-26-21)32-16-18(29)15-28(14-17-6-2-1-3-7-17)12-13-31-20-9-5-4-8-19(20)22(25)30/h1-11,18,29H,12-16H2,(H2,25,30). The number of benzene rings is 2. The Bertz CT molecular complexity index is 1010. The quantitative estimate of drug-likeness (QED) is 0.430. The lowest BCUT2D eigenvalue weighted by Gasteiger charge is -2.25. The molecule has 0 aliphatic rings. The van der Waals surface area contributed by atoms with Crippen molar-refractivity contribution in [1.29, 1.82) is 0 Å². The molecule has 32 heavy (non-hydrogen) atoms. The Labute approximate surface area is 191 Å². The highest BCUT2D eigenvalue weighted by Crippen LogP contribution is 2.18. The number of aliphatic hydroxyl groups excluding tert-OH is 1. The minimum absolute atomic E-state index is 0.00900. The van der Waals surface area contributed by atoms with Gasteiger partial charge in [0.1, 0.15) is 25.1 Å². The monoisotopic (exact) mass is 456 g/mol.